The fourth-order valence-electron chi connectivity index (χ4n) is 5.28. The van der Waals surface area contributed by atoms with Gasteiger partial charge < -0.3 is 52.7 Å². The van der Waals surface area contributed by atoms with Gasteiger partial charge in [0.15, 0.2) is 24.6 Å². The highest BCUT2D eigenvalue weighted by Crippen LogP contribution is 2.52. The van der Waals surface area contributed by atoms with E-state index in [9.17, 15) is 28.5 Å². The lowest BCUT2D eigenvalue weighted by Crippen LogP contribution is -2.63. The molecule has 0 aromatic heterocycles. The monoisotopic (exact) mass is 753 g/mol. The fourth-order valence-corrected chi connectivity index (χ4v) is 6.59. The molecule has 2 heterocycles. The number of benzene rings is 2. The molecule has 2 N–H and O–H groups in total. The summed E-state index contributed by atoms with van der Waals surface area (Å²) in [6.07, 6.45) is -12.5. The molecule has 0 aliphatic carbocycles. The Balaban J connectivity index is 1.78. The van der Waals surface area contributed by atoms with Crippen LogP contribution in [-0.4, -0.2) is 92.4 Å². The summed E-state index contributed by atoms with van der Waals surface area (Å²) in [6.45, 7) is 3.64. The number of hydrogen-bond donors (Lipinski definition) is 1. The number of amides is 1. The molecule has 2 saturated heterocycles. The number of nitrogens with two attached hydrogens (primary N) is 1. The third kappa shape index (κ3) is 12.5. The van der Waals surface area contributed by atoms with Gasteiger partial charge >= 0.3 is 37.8 Å². The predicted octanol–water partition coefficient (Wildman–Crippen LogP) is 3.34. The van der Waals surface area contributed by atoms with Gasteiger partial charge in [-0.05, 0) is 24.3 Å². The maximum atomic E-state index is 14.6. The molecule has 2 aromatic rings. The summed E-state index contributed by atoms with van der Waals surface area (Å²) >= 11 is 0. The molecule has 2 aliphatic rings. The molecule has 0 unspecified atom stereocenters. The van der Waals surface area contributed by atoms with Crippen molar-refractivity contribution in [2.24, 2.45) is 5.73 Å². The van der Waals surface area contributed by atoms with Crippen LogP contribution >= 0.6 is 7.82 Å². The van der Waals surface area contributed by atoms with Crippen molar-refractivity contribution < 1.29 is 80.0 Å². The highest BCUT2D eigenvalue weighted by atomic mass is 31.2. The molecule has 2 aliphatic heterocycles. The lowest BCUT2D eigenvalue weighted by atomic mass is 9.98. The zero-order chi connectivity index (χ0) is 37.8. The minimum Gasteiger partial charge on any atom is -0.463 e. The topological polar surface area (TPSA) is 230 Å². The van der Waals surface area contributed by atoms with Crippen LogP contribution in [0.3, 0.4) is 0 Å². The van der Waals surface area contributed by atoms with E-state index in [1.165, 1.54) is 31.2 Å². The van der Waals surface area contributed by atoms with Crippen LogP contribution in [0.25, 0.3) is 0 Å². The van der Waals surface area contributed by atoms with Crippen LogP contribution in [0.5, 0.6) is 11.5 Å². The molecule has 0 radical (unpaired) electrons. The van der Waals surface area contributed by atoms with Gasteiger partial charge in [-0.1, -0.05) is 36.4 Å². The van der Waals surface area contributed by atoms with E-state index in [2.05, 4.69) is 0 Å². The number of phosphoric acid groups is 1. The van der Waals surface area contributed by atoms with Crippen molar-refractivity contribution in [2.45, 2.75) is 89.7 Å². The van der Waals surface area contributed by atoms with Crippen molar-refractivity contribution >= 4 is 37.8 Å². The number of ether oxygens (including phenoxy) is 8. The van der Waals surface area contributed by atoms with Gasteiger partial charge in [-0.15, -0.1) is 0 Å². The Labute approximate surface area is 298 Å². The Morgan fingerprint density at radius 1 is 0.692 bits per heavy atom. The summed E-state index contributed by atoms with van der Waals surface area (Å²) in [7, 11) is -4.80. The first-order valence-electron chi connectivity index (χ1n) is 16.0. The maximum Gasteiger partial charge on any atom is 0.590 e. The predicted molar refractivity (Wildman–Crippen MR) is 173 cm³/mol. The first kappa shape index (κ1) is 40.0. The first-order valence-corrected chi connectivity index (χ1v) is 17.5. The lowest BCUT2D eigenvalue weighted by molar-refractivity contribution is -0.333. The fraction of sp³-hybridized carbons (Fsp3) is 0.485. The Morgan fingerprint density at radius 2 is 1.23 bits per heavy atom. The smallest absolute Gasteiger partial charge is 0.463 e. The van der Waals surface area contributed by atoms with Crippen molar-refractivity contribution in [3.05, 3.63) is 60.7 Å². The normalized spacial score (nSPS) is 25.8. The van der Waals surface area contributed by atoms with Crippen LogP contribution in [0.15, 0.2) is 60.7 Å². The summed E-state index contributed by atoms with van der Waals surface area (Å²) in [5.74, 6) is -2.93. The quantitative estimate of drug-likeness (QED) is 0.156. The van der Waals surface area contributed by atoms with Crippen LogP contribution in [-0.2, 0) is 66.2 Å². The molecule has 1 amide bonds. The molecule has 0 bridgehead atoms. The third-order valence-electron chi connectivity index (χ3n) is 7.19. The third-order valence-corrected chi connectivity index (χ3v) is 8.52. The van der Waals surface area contributed by atoms with Crippen molar-refractivity contribution in [1.82, 2.24) is 0 Å². The molecule has 8 atom stereocenters. The van der Waals surface area contributed by atoms with Crippen molar-refractivity contribution in [2.75, 3.05) is 13.2 Å². The molecule has 284 valence electrons. The zero-order valence-electron chi connectivity index (χ0n) is 28.7. The van der Waals surface area contributed by atoms with Crippen LogP contribution in [0, 0.1) is 0 Å². The van der Waals surface area contributed by atoms with Gasteiger partial charge in [0.05, 0.1) is 6.10 Å². The molecule has 2 aromatic carbocycles. The van der Waals surface area contributed by atoms with Crippen LogP contribution in [0.1, 0.15) is 40.5 Å². The summed E-state index contributed by atoms with van der Waals surface area (Å²) in [6, 6.07) is 15.8. The van der Waals surface area contributed by atoms with E-state index >= 15 is 0 Å². The SMILES string of the molecule is CC(=O)OC[C@H]1C[C@H](OC(N)=O)C[C@@H](O[C@@H]2[C@@H](OP(=O)(Oc3ccccc3)Oc3ccccc3)O[C@@H](COC(C)=O)[C@@H](OC(C)=O)[C@@H]2OC(C)=O)O1. The van der Waals surface area contributed by atoms with Crippen molar-refractivity contribution in [3.8, 4) is 11.5 Å². The van der Waals surface area contributed by atoms with E-state index < -0.39 is 93.6 Å². The van der Waals surface area contributed by atoms with Crippen LogP contribution in [0.2, 0.25) is 0 Å². The molecule has 0 spiro atoms. The molecule has 52 heavy (non-hydrogen) atoms. The van der Waals surface area contributed by atoms with Gasteiger partial charge in [0.2, 0.25) is 6.29 Å². The van der Waals surface area contributed by atoms with E-state index in [0.717, 1.165) is 20.8 Å². The molecular formula is C33H40NO17P. The van der Waals surface area contributed by atoms with Gasteiger partial charge in [-0.3, -0.25) is 19.2 Å². The summed E-state index contributed by atoms with van der Waals surface area (Å²) < 4.78 is 77.1. The number of para-hydroxylation sites is 2. The number of phosphoric ester groups is 1. The van der Waals surface area contributed by atoms with E-state index in [1.807, 2.05) is 0 Å². The molecule has 0 saturated carbocycles. The molecule has 19 heteroatoms. The average molecular weight is 754 g/mol. The van der Waals surface area contributed by atoms with Gasteiger partial charge in [0.1, 0.15) is 36.9 Å². The maximum absolute atomic E-state index is 14.6. The van der Waals surface area contributed by atoms with Gasteiger partial charge in [0, 0.05) is 40.5 Å². The Morgan fingerprint density at radius 3 is 1.75 bits per heavy atom. The second-order valence-corrected chi connectivity index (χ2v) is 12.9. The lowest BCUT2D eigenvalue weighted by Gasteiger charge is -2.46. The van der Waals surface area contributed by atoms with Crippen LogP contribution in [0.4, 0.5) is 4.79 Å². The summed E-state index contributed by atoms with van der Waals surface area (Å²) in [5.41, 5.74) is 5.28. The minimum atomic E-state index is -4.80. The summed E-state index contributed by atoms with van der Waals surface area (Å²) in [4.78, 5) is 60.0. The average Bonchev–Trinajstić information content (AvgIpc) is 3.05. The second kappa shape index (κ2) is 18.7. The van der Waals surface area contributed by atoms with Crippen molar-refractivity contribution in [3.63, 3.8) is 0 Å². The Kier molecular flexibility index (Phi) is 14.4. The van der Waals surface area contributed by atoms with E-state index in [0.29, 0.717) is 0 Å². The minimum absolute atomic E-state index is 0.0517. The Hall–Kier alpha value is -4.74. The number of carbonyl (C=O) groups excluding carboxylic acids is 5. The van der Waals surface area contributed by atoms with Gasteiger partial charge in [0.25, 0.3) is 0 Å². The van der Waals surface area contributed by atoms with Gasteiger partial charge in [-0.25, -0.2) is 13.9 Å². The molecule has 4 rings (SSSR count). The number of rotatable bonds is 15. The zero-order valence-corrected chi connectivity index (χ0v) is 29.6. The second-order valence-electron chi connectivity index (χ2n) is 11.5. The largest absolute Gasteiger partial charge is 0.590 e. The standard InChI is InChI=1S/C33H40NO17P/c1-19(35)41-17-26-15-25(46-33(34)39)16-28(45-26)48-31-30(44-22(4)38)29(43-21(3)37)27(18-42-20(2)36)47-32(31)51-52(40,49-23-11-7-5-8-12-23)50-24-13-9-6-10-14-24/h5-14,25-32H,15-18H2,1-4H3,(H2,34,39)/t25-,26+,27-,28+,29+,30-,31-,32+/m0/s1. The van der Waals surface area contributed by atoms with Crippen LogP contribution < -0.4 is 14.8 Å². The summed E-state index contributed by atoms with van der Waals surface area (Å²) in [5, 5.41) is 0. The van der Waals surface area contributed by atoms with Gasteiger partial charge in [-0.2, -0.15) is 0 Å². The number of primary amides is 1. The number of esters is 4. The first-order chi connectivity index (χ1) is 24.7. The molecule has 18 nitrogen and oxygen atoms in total. The van der Waals surface area contributed by atoms with E-state index in [4.69, 9.17) is 57.2 Å². The Bertz CT molecular complexity index is 1530. The van der Waals surface area contributed by atoms with E-state index in [-0.39, 0.29) is 30.9 Å². The number of hydrogen-bond acceptors (Lipinski definition) is 17. The molecule has 2 fully saturated rings. The number of carbonyl (C=O) groups is 5. The van der Waals surface area contributed by atoms with Crippen molar-refractivity contribution in [1.29, 1.82) is 0 Å². The highest BCUT2D eigenvalue weighted by Gasteiger charge is 2.55. The molecular weight excluding hydrogens is 713 g/mol. The van der Waals surface area contributed by atoms with E-state index in [1.54, 1.807) is 36.4 Å². The highest BCUT2D eigenvalue weighted by molar-refractivity contribution is 7.49.